The van der Waals surface area contributed by atoms with Crippen LogP contribution in [0.3, 0.4) is 0 Å². The predicted octanol–water partition coefficient (Wildman–Crippen LogP) is 3.40. The maximum absolute atomic E-state index is 13.4. The number of aryl methyl sites for hydroxylation is 1. The lowest BCUT2D eigenvalue weighted by atomic mass is 9.75. The van der Waals surface area contributed by atoms with Gasteiger partial charge in [-0.05, 0) is 68.1 Å². The van der Waals surface area contributed by atoms with Gasteiger partial charge in [-0.25, -0.2) is 0 Å². The van der Waals surface area contributed by atoms with E-state index in [0.717, 1.165) is 25.2 Å². The van der Waals surface area contributed by atoms with Crippen LogP contribution in [0.5, 0.6) is 5.75 Å². The van der Waals surface area contributed by atoms with E-state index in [1.54, 1.807) is 12.1 Å². The lowest BCUT2D eigenvalue weighted by molar-refractivity contribution is -0.00341. The molecule has 2 bridgehead atoms. The highest BCUT2D eigenvalue weighted by Crippen LogP contribution is 2.47. The smallest absolute Gasteiger partial charge is 0.254 e. The van der Waals surface area contributed by atoms with E-state index in [0.29, 0.717) is 29.5 Å². The monoisotopic (exact) mass is 362 g/mol. The van der Waals surface area contributed by atoms with Gasteiger partial charge in [-0.3, -0.25) is 9.69 Å². The Morgan fingerprint density at radius 1 is 1.04 bits per heavy atom. The molecule has 4 aliphatic rings. The summed E-state index contributed by atoms with van der Waals surface area (Å²) in [6, 6.07) is 16.7. The fraction of sp³-hybridized carbons (Fsp3) is 0.435. The van der Waals surface area contributed by atoms with E-state index in [2.05, 4.69) is 40.1 Å². The minimum absolute atomic E-state index is 0.111. The van der Waals surface area contributed by atoms with Crippen LogP contribution in [0.2, 0.25) is 0 Å². The lowest BCUT2D eigenvalue weighted by Gasteiger charge is -2.51. The number of fused-ring (bicyclic) bond motifs is 2. The summed E-state index contributed by atoms with van der Waals surface area (Å²) in [4.78, 5) is 18.2. The van der Waals surface area contributed by atoms with Crippen molar-refractivity contribution in [3.63, 3.8) is 0 Å². The number of amides is 1. The Balaban J connectivity index is 1.52. The van der Waals surface area contributed by atoms with Gasteiger partial charge in [0.1, 0.15) is 5.75 Å². The molecule has 4 nitrogen and oxygen atoms in total. The second-order valence-electron chi connectivity index (χ2n) is 8.33. The topological polar surface area (TPSA) is 43.8 Å². The SMILES string of the molecule is Cc1cc(C(=O)N2C[C@H](c3ccccc3)[C@H]3[C@@H]2C2CCN3CC2)ccc1O. The van der Waals surface area contributed by atoms with E-state index < -0.39 is 0 Å². The molecule has 0 aromatic heterocycles. The Kier molecular flexibility index (Phi) is 3.97. The highest BCUT2D eigenvalue weighted by molar-refractivity contribution is 5.95. The van der Waals surface area contributed by atoms with E-state index >= 15 is 0 Å². The Hall–Kier alpha value is -2.33. The molecule has 2 aromatic rings. The van der Waals surface area contributed by atoms with Gasteiger partial charge in [0.25, 0.3) is 5.91 Å². The highest BCUT2D eigenvalue weighted by Gasteiger charge is 2.54. The third-order valence-electron chi connectivity index (χ3n) is 6.93. The first kappa shape index (κ1) is 16.8. The number of nitrogens with zero attached hydrogens (tertiary/aromatic N) is 2. The number of benzene rings is 2. The van der Waals surface area contributed by atoms with Crippen molar-refractivity contribution in [2.75, 3.05) is 19.6 Å². The molecule has 4 heteroatoms. The van der Waals surface area contributed by atoms with Crippen LogP contribution < -0.4 is 0 Å². The molecule has 0 spiro atoms. The summed E-state index contributed by atoms with van der Waals surface area (Å²) < 4.78 is 0. The van der Waals surface area contributed by atoms with Crippen LogP contribution in [-0.2, 0) is 0 Å². The molecule has 27 heavy (non-hydrogen) atoms. The van der Waals surface area contributed by atoms with E-state index in [1.807, 2.05) is 13.0 Å². The Morgan fingerprint density at radius 2 is 1.78 bits per heavy atom. The van der Waals surface area contributed by atoms with Crippen molar-refractivity contribution in [3.05, 3.63) is 65.2 Å². The van der Waals surface area contributed by atoms with Crippen molar-refractivity contribution < 1.29 is 9.90 Å². The van der Waals surface area contributed by atoms with Crippen molar-refractivity contribution in [2.24, 2.45) is 5.92 Å². The van der Waals surface area contributed by atoms with Crippen molar-refractivity contribution in [1.82, 2.24) is 9.80 Å². The van der Waals surface area contributed by atoms with Gasteiger partial charge in [-0.15, -0.1) is 0 Å². The van der Waals surface area contributed by atoms with Crippen LogP contribution >= 0.6 is 0 Å². The molecule has 6 rings (SSSR count). The second-order valence-corrected chi connectivity index (χ2v) is 8.33. The van der Waals surface area contributed by atoms with Gasteiger partial charge in [-0.1, -0.05) is 30.3 Å². The molecule has 0 radical (unpaired) electrons. The van der Waals surface area contributed by atoms with Crippen LogP contribution in [0.15, 0.2) is 48.5 Å². The molecule has 0 aliphatic carbocycles. The van der Waals surface area contributed by atoms with E-state index in [1.165, 1.54) is 18.4 Å². The van der Waals surface area contributed by atoms with E-state index in [9.17, 15) is 9.90 Å². The largest absolute Gasteiger partial charge is 0.508 e. The number of phenols is 1. The van der Waals surface area contributed by atoms with Crippen LogP contribution in [0.25, 0.3) is 0 Å². The summed E-state index contributed by atoms with van der Waals surface area (Å²) >= 11 is 0. The van der Waals surface area contributed by atoms with Crippen LogP contribution in [0, 0.1) is 12.8 Å². The van der Waals surface area contributed by atoms with Crippen molar-refractivity contribution in [3.8, 4) is 5.75 Å². The average molecular weight is 362 g/mol. The standard InChI is InChI=1S/C23H26N2O2/c1-15-13-18(7-8-20(15)26)23(27)25-14-19(16-5-3-2-4-6-16)22-21(25)17-9-11-24(22)12-10-17/h2-8,13,17,19,21-22,26H,9-12,14H2,1H3/t19-,21+,22+/m1/s1. The summed E-state index contributed by atoms with van der Waals surface area (Å²) in [6.07, 6.45) is 2.39. The summed E-state index contributed by atoms with van der Waals surface area (Å²) in [6.45, 7) is 4.95. The third kappa shape index (κ3) is 2.66. The third-order valence-corrected chi connectivity index (χ3v) is 6.93. The van der Waals surface area contributed by atoms with Crippen LogP contribution in [-0.4, -0.2) is 52.5 Å². The van der Waals surface area contributed by atoms with Crippen molar-refractivity contribution in [1.29, 1.82) is 0 Å². The molecule has 1 amide bonds. The molecular formula is C23H26N2O2. The Labute approximate surface area is 160 Å². The van der Waals surface area contributed by atoms with Crippen molar-refractivity contribution >= 4 is 5.91 Å². The number of likely N-dealkylation sites (tertiary alicyclic amines) is 1. The summed E-state index contributed by atoms with van der Waals surface area (Å²) in [7, 11) is 0. The normalized spacial score (nSPS) is 31.7. The first-order chi connectivity index (χ1) is 13.1. The molecule has 1 N–H and O–H groups in total. The minimum atomic E-state index is 0.111. The quantitative estimate of drug-likeness (QED) is 0.890. The molecule has 4 heterocycles. The number of hydrogen-bond acceptors (Lipinski definition) is 3. The van der Waals surface area contributed by atoms with Gasteiger partial charge in [0.05, 0.1) is 6.04 Å². The van der Waals surface area contributed by atoms with Gasteiger partial charge in [0, 0.05) is 24.1 Å². The Morgan fingerprint density at radius 3 is 2.48 bits per heavy atom. The second kappa shape index (κ2) is 6.38. The van der Waals surface area contributed by atoms with Crippen molar-refractivity contribution in [2.45, 2.75) is 37.8 Å². The lowest BCUT2D eigenvalue weighted by Crippen LogP contribution is -2.60. The zero-order chi connectivity index (χ0) is 18.5. The zero-order valence-electron chi connectivity index (χ0n) is 15.7. The molecule has 4 fully saturated rings. The van der Waals surface area contributed by atoms with Crippen LogP contribution in [0.4, 0.5) is 0 Å². The summed E-state index contributed by atoms with van der Waals surface area (Å²) in [5, 5.41) is 9.82. The number of piperidine rings is 3. The summed E-state index contributed by atoms with van der Waals surface area (Å²) in [5.41, 5.74) is 2.79. The Bertz CT molecular complexity index is 858. The van der Waals surface area contributed by atoms with Crippen LogP contribution in [0.1, 0.15) is 40.2 Å². The minimum Gasteiger partial charge on any atom is -0.508 e. The first-order valence-corrected chi connectivity index (χ1v) is 10.0. The number of carbonyl (C=O) groups excluding carboxylic acids is 1. The molecule has 140 valence electrons. The van der Waals surface area contributed by atoms with E-state index in [4.69, 9.17) is 0 Å². The molecule has 2 aromatic carbocycles. The van der Waals surface area contributed by atoms with Gasteiger partial charge < -0.3 is 10.0 Å². The van der Waals surface area contributed by atoms with Gasteiger partial charge in [0.2, 0.25) is 0 Å². The number of rotatable bonds is 2. The molecule has 0 saturated carbocycles. The average Bonchev–Trinajstić information content (AvgIpc) is 3.14. The number of hydrogen-bond donors (Lipinski definition) is 1. The fourth-order valence-corrected chi connectivity index (χ4v) is 5.60. The maximum atomic E-state index is 13.4. The molecule has 4 aliphatic heterocycles. The van der Waals surface area contributed by atoms with Gasteiger partial charge in [0.15, 0.2) is 0 Å². The summed E-state index contributed by atoms with van der Waals surface area (Å²) in [5.74, 6) is 1.34. The van der Waals surface area contributed by atoms with E-state index in [-0.39, 0.29) is 11.7 Å². The van der Waals surface area contributed by atoms with Gasteiger partial charge >= 0.3 is 0 Å². The number of carbonyl (C=O) groups is 1. The number of phenolic OH excluding ortho intramolecular Hbond substituents is 1. The zero-order valence-corrected chi connectivity index (χ0v) is 15.7. The molecule has 4 saturated heterocycles. The number of aromatic hydroxyl groups is 1. The highest BCUT2D eigenvalue weighted by atomic mass is 16.3. The molecule has 3 atom stereocenters. The predicted molar refractivity (Wildman–Crippen MR) is 105 cm³/mol. The van der Waals surface area contributed by atoms with Gasteiger partial charge in [-0.2, -0.15) is 0 Å². The maximum Gasteiger partial charge on any atom is 0.254 e. The fourth-order valence-electron chi connectivity index (χ4n) is 5.60. The molecular weight excluding hydrogens is 336 g/mol. The first-order valence-electron chi connectivity index (χ1n) is 10.0. The molecule has 0 unspecified atom stereocenters.